The van der Waals surface area contributed by atoms with E-state index in [1.54, 1.807) is 6.07 Å². The zero-order valence-corrected chi connectivity index (χ0v) is 11.3. The summed E-state index contributed by atoms with van der Waals surface area (Å²) in [5, 5.41) is 12.4. The van der Waals surface area contributed by atoms with Crippen LogP contribution in [0.15, 0.2) is 18.2 Å². The van der Waals surface area contributed by atoms with Crippen molar-refractivity contribution in [3.63, 3.8) is 0 Å². The van der Waals surface area contributed by atoms with Gasteiger partial charge in [-0.3, -0.25) is 10.1 Å². The molecule has 0 radical (unpaired) electrons. The largest absolute Gasteiger partial charge is 0.480 e. The van der Waals surface area contributed by atoms with Gasteiger partial charge in [-0.2, -0.15) is 0 Å². The van der Waals surface area contributed by atoms with E-state index in [0.29, 0.717) is 18.8 Å². The van der Waals surface area contributed by atoms with E-state index in [9.17, 15) is 14.3 Å². The first-order valence-corrected chi connectivity index (χ1v) is 6.75. The van der Waals surface area contributed by atoms with Crippen LogP contribution in [0.1, 0.15) is 43.9 Å². The number of carboxylic acid groups (broad SMARTS) is 1. The van der Waals surface area contributed by atoms with Gasteiger partial charge in [0.1, 0.15) is 11.9 Å². The third-order valence-corrected chi connectivity index (χ3v) is 3.62. The molecule has 0 aliphatic heterocycles. The quantitative estimate of drug-likeness (QED) is 0.860. The molecular formula is C15H20FNO2. The molecule has 0 amide bonds. The van der Waals surface area contributed by atoms with Gasteiger partial charge >= 0.3 is 5.97 Å². The van der Waals surface area contributed by atoms with Crippen LogP contribution in [0.25, 0.3) is 0 Å². The maximum Gasteiger partial charge on any atom is 0.320 e. The summed E-state index contributed by atoms with van der Waals surface area (Å²) >= 11 is 0. The second kappa shape index (κ2) is 5.70. The van der Waals surface area contributed by atoms with Crippen molar-refractivity contribution in [2.75, 3.05) is 0 Å². The SMILES string of the molecule is CC(C)CC(NC1CCc2c(F)cccc21)C(=O)O. The number of hydrogen-bond acceptors (Lipinski definition) is 2. The van der Waals surface area contributed by atoms with E-state index in [-0.39, 0.29) is 11.9 Å². The molecule has 2 N–H and O–H groups in total. The lowest BCUT2D eigenvalue weighted by Gasteiger charge is -2.22. The number of benzene rings is 1. The lowest BCUT2D eigenvalue weighted by Crippen LogP contribution is -2.39. The molecule has 1 aliphatic rings. The fourth-order valence-electron chi connectivity index (χ4n) is 2.74. The molecular weight excluding hydrogens is 245 g/mol. The van der Waals surface area contributed by atoms with Gasteiger partial charge in [-0.15, -0.1) is 0 Å². The zero-order valence-electron chi connectivity index (χ0n) is 11.3. The second-order valence-electron chi connectivity index (χ2n) is 5.59. The monoisotopic (exact) mass is 265 g/mol. The van der Waals surface area contributed by atoms with Crippen LogP contribution in [0.4, 0.5) is 4.39 Å². The molecule has 0 heterocycles. The summed E-state index contributed by atoms with van der Waals surface area (Å²) in [6.07, 6.45) is 2.02. The average molecular weight is 265 g/mol. The maximum absolute atomic E-state index is 13.6. The summed E-state index contributed by atoms with van der Waals surface area (Å²) in [4.78, 5) is 11.3. The number of halogens is 1. The second-order valence-corrected chi connectivity index (χ2v) is 5.59. The number of hydrogen-bond donors (Lipinski definition) is 2. The van der Waals surface area contributed by atoms with Crippen molar-refractivity contribution < 1.29 is 14.3 Å². The van der Waals surface area contributed by atoms with E-state index in [2.05, 4.69) is 5.32 Å². The Labute approximate surface area is 112 Å². The van der Waals surface area contributed by atoms with Gasteiger partial charge in [0, 0.05) is 6.04 Å². The summed E-state index contributed by atoms with van der Waals surface area (Å²) in [6.45, 7) is 4.00. The van der Waals surface area contributed by atoms with E-state index >= 15 is 0 Å². The van der Waals surface area contributed by atoms with Gasteiger partial charge in [0.2, 0.25) is 0 Å². The van der Waals surface area contributed by atoms with Crippen molar-refractivity contribution in [2.45, 2.75) is 45.2 Å². The molecule has 0 saturated heterocycles. The van der Waals surface area contributed by atoms with Crippen LogP contribution in [0, 0.1) is 11.7 Å². The summed E-state index contributed by atoms with van der Waals surface area (Å²) < 4.78 is 13.6. The first-order valence-electron chi connectivity index (χ1n) is 6.75. The Bertz CT molecular complexity index is 473. The number of carbonyl (C=O) groups is 1. The van der Waals surface area contributed by atoms with Crippen LogP contribution in [-0.2, 0) is 11.2 Å². The summed E-state index contributed by atoms with van der Waals surface area (Å²) in [6, 6.07) is 4.41. The van der Waals surface area contributed by atoms with Crippen molar-refractivity contribution in [2.24, 2.45) is 5.92 Å². The Kier molecular flexibility index (Phi) is 4.20. The molecule has 2 unspecified atom stereocenters. The molecule has 2 rings (SSSR count). The summed E-state index contributed by atoms with van der Waals surface area (Å²) in [5.41, 5.74) is 1.64. The van der Waals surface area contributed by atoms with Gasteiger partial charge in [0.15, 0.2) is 0 Å². The fourth-order valence-corrected chi connectivity index (χ4v) is 2.74. The Morgan fingerprint density at radius 3 is 2.89 bits per heavy atom. The van der Waals surface area contributed by atoms with Gasteiger partial charge < -0.3 is 5.11 Å². The zero-order chi connectivity index (χ0) is 14.0. The average Bonchev–Trinajstić information content (AvgIpc) is 2.72. The van der Waals surface area contributed by atoms with Crippen LogP contribution in [0.2, 0.25) is 0 Å². The Morgan fingerprint density at radius 2 is 2.26 bits per heavy atom. The smallest absolute Gasteiger partial charge is 0.320 e. The van der Waals surface area contributed by atoms with Crippen molar-refractivity contribution in [3.8, 4) is 0 Å². The highest BCUT2D eigenvalue weighted by Crippen LogP contribution is 2.33. The van der Waals surface area contributed by atoms with E-state index in [1.165, 1.54) is 6.07 Å². The van der Waals surface area contributed by atoms with Crippen molar-refractivity contribution in [1.82, 2.24) is 5.32 Å². The van der Waals surface area contributed by atoms with Gasteiger partial charge in [-0.05, 0) is 42.4 Å². The minimum atomic E-state index is -0.835. The lowest BCUT2D eigenvalue weighted by molar-refractivity contribution is -0.140. The molecule has 3 nitrogen and oxygen atoms in total. The first-order chi connectivity index (χ1) is 8.99. The number of rotatable bonds is 5. The van der Waals surface area contributed by atoms with Gasteiger partial charge in [-0.1, -0.05) is 26.0 Å². The molecule has 19 heavy (non-hydrogen) atoms. The Hall–Kier alpha value is -1.42. The summed E-state index contributed by atoms with van der Waals surface area (Å²) in [5.74, 6) is -0.710. The molecule has 2 atom stereocenters. The predicted molar refractivity (Wildman–Crippen MR) is 71.5 cm³/mol. The van der Waals surface area contributed by atoms with E-state index in [4.69, 9.17) is 0 Å². The molecule has 104 valence electrons. The molecule has 1 aromatic carbocycles. The number of fused-ring (bicyclic) bond motifs is 1. The number of nitrogens with one attached hydrogen (secondary N) is 1. The Balaban J connectivity index is 2.13. The summed E-state index contributed by atoms with van der Waals surface area (Å²) in [7, 11) is 0. The van der Waals surface area contributed by atoms with Gasteiger partial charge in [0.05, 0.1) is 0 Å². The number of aliphatic carboxylic acids is 1. The topological polar surface area (TPSA) is 49.3 Å². The molecule has 0 spiro atoms. The highest BCUT2D eigenvalue weighted by atomic mass is 19.1. The Morgan fingerprint density at radius 1 is 1.53 bits per heavy atom. The van der Waals surface area contributed by atoms with Crippen molar-refractivity contribution in [3.05, 3.63) is 35.1 Å². The molecule has 1 aliphatic carbocycles. The minimum absolute atomic E-state index is 0.0504. The van der Waals surface area contributed by atoms with E-state index in [1.807, 2.05) is 19.9 Å². The molecule has 4 heteroatoms. The molecule has 0 fully saturated rings. The van der Waals surface area contributed by atoms with Crippen LogP contribution in [0.5, 0.6) is 0 Å². The van der Waals surface area contributed by atoms with Gasteiger partial charge in [-0.25, -0.2) is 4.39 Å². The first kappa shape index (κ1) is 14.0. The van der Waals surface area contributed by atoms with Crippen molar-refractivity contribution in [1.29, 1.82) is 0 Å². The fraction of sp³-hybridized carbons (Fsp3) is 0.533. The highest BCUT2D eigenvalue weighted by molar-refractivity contribution is 5.73. The molecule has 0 aromatic heterocycles. The number of carboxylic acids is 1. The highest BCUT2D eigenvalue weighted by Gasteiger charge is 2.29. The third-order valence-electron chi connectivity index (χ3n) is 3.62. The molecule has 0 bridgehead atoms. The maximum atomic E-state index is 13.6. The minimum Gasteiger partial charge on any atom is -0.480 e. The van der Waals surface area contributed by atoms with Crippen LogP contribution >= 0.6 is 0 Å². The van der Waals surface area contributed by atoms with E-state index in [0.717, 1.165) is 17.5 Å². The van der Waals surface area contributed by atoms with Crippen LogP contribution in [-0.4, -0.2) is 17.1 Å². The van der Waals surface area contributed by atoms with Crippen molar-refractivity contribution >= 4 is 5.97 Å². The lowest BCUT2D eigenvalue weighted by atomic mass is 10.0. The normalized spacial score (nSPS) is 19.5. The molecule has 1 aromatic rings. The van der Waals surface area contributed by atoms with Crippen LogP contribution < -0.4 is 5.32 Å². The molecule has 0 saturated carbocycles. The standard InChI is InChI=1S/C15H20FNO2/c1-9(2)8-14(15(18)19)17-13-7-6-10-11(13)4-3-5-12(10)16/h3-5,9,13-14,17H,6-8H2,1-2H3,(H,18,19). The van der Waals surface area contributed by atoms with E-state index < -0.39 is 12.0 Å². The van der Waals surface area contributed by atoms with Crippen LogP contribution in [0.3, 0.4) is 0 Å². The third kappa shape index (κ3) is 3.13. The predicted octanol–water partition coefficient (Wildman–Crippen LogP) is 2.90. The van der Waals surface area contributed by atoms with Gasteiger partial charge in [0.25, 0.3) is 0 Å².